The van der Waals surface area contributed by atoms with E-state index < -0.39 is 20.9 Å². The molecule has 3 aromatic rings. The third kappa shape index (κ3) is 7.42. The first kappa shape index (κ1) is 35.0. The predicted octanol–water partition coefficient (Wildman–Crippen LogP) is 4.44. The van der Waals surface area contributed by atoms with Crippen molar-refractivity contribution < 1.29 is 45.7 Å². The van der Waals surface area contributed by atoms with Gasteiger partial charge in [0.15, 0.2) is 0 Å². The van der Waals surface area contributed by atoms with Crippen molar-refractivity contribution in [1.29, 1.82) is 0 Å². The molecular formula is C36H47Cl2SiZr. The van der Waals surface area contributed by atoms with Crippen LogP contribution in [0.2, 0.25) is 6.55 Å². The Morgan fingerprint density at radius 2 is 1.23 bits per heavy atom. The van der Waals surface area contributed by atoms with Gasteiger partial charge in [0, 0.05) is 0 Å². The van der Waals surface area contributed by atoms with E-state index in [1.807, 2.05) is 0 Å². The van der Waals surface area contributed by atoms with Crippen LogP contribution in [0.3, 0.4) is 0 Å². The molecule has 0 nitrogen and oxygen atoms in total. The molecule has 2 atom stereocenters. The number of allylic oxidation sites excluding steroid dienone is 2. The van der Waals surface area contributed by atoms with Gasteiger partial charge in [0.05, 0.1) is 0 Å². The summed E-state index contributed by atoms with van der Waals surface area (Å²) in [5.74, 6) is 0.584. The molecule has 0 radical (unpaired) electrons. The summed E-state index contributed by atoms with van der Waals surface area (Å²) in [5.41, 5.74) is 13.9. The molecule has 4 heteroatoms. The van der Waals surface area contributed by atoms with E-state index in [0.717, 1.165) is 7.25 Å². The van der Waals surface area contributed by atoms with Gasteiger partial charge in [-0.3, -0.25) is 0 Å². The summed E-state index contributed by atoms with van der Waals surface area (Å²) < 4.78 is 1.48. The van der Waals surface area contributed by atoms with Crippen LogP contribution < -0.4 is 24.8 Å². The van der Waals surface area contributed by atoms with Crippen LogP contribution in [0, 0.1) is 0 Å². The molecule has 0 spiro atoms. The van der Waals surface area contributed by atoms with Crippen molar-refractivity contribution in [3.63, 3.8) is 0 Å². The molecule has 2 aliphatic rings. The van der Waals surface area contributed by atoms with Crippen molar-refractivity contribution >= 4 is 18.8 Å². The van der Waals surface area contributed by atoms with Crippen molar-refractivity contribution in [3.05, 3.63) is 106 Å². The average Bonchev–Trinajstić information content (AvgIpc) is 3.44. The minimum Gasteiger partial charge on any atom is -1.00 e. The van der Waals surface area contributed by atoms with Crippen molar-refractivity contribution in [2.24, 2.45) is 0 Å². The Kier molecular flexibility index (Phi) is 14.4. The predicted molar refractivity (Wildman–Crippen MR) is 169 cm³/mol. The Balaban J connectivity index is 0.000000635. The maximum absolute atomic E-state index is 2.61. The summed E-state index contributed by atoms with van der Waals surface area (Å²) >= 11 is -1.81. The Labute approximate surface area is 266 Å². The molecule has 213 valence electrons. The fourth-order valence-electron chi connectivity index (χ4n) is 6.56. The Morgan fingerprint density at radius 3 is 1.75 bits per heavy atom. The Morgan fingerprint density at radius 1 is 0.700 bits per heavy atom. The van der Waals surface area contributed by atoms with Crippen LogP contribution >= 0.6 is 0 Å². The third-order valence-electron chi connectivity index (χ3n) is 8.40. The second-order valence-corrected chi connectivity index (χ2v) is 27.9. The van der Waals surface area contributed by atoms with E-state index in [4.69, 9.17) is 0 Å². The van der Waals surface area contributed by atoms with Gasteiger partial charge in [-0.25, -0.2) is 0 Å². The SMILES string of the molecule is CCCCCC.C[SiH2][Zr+2]([CH]1C(C)=Cc2c(-c3ccccc3)cccc21)[CH]1C(C)=Cc2c(C(C)C)cccc21.[Cl-].[Cl-]. The minimum atomic E-state index is -1.81. The van der Waals surface area contributed by atoms with Crippen LogP contribution in [0.4, 0.5) is 0 Å². The molecule has 0 aliphatic heterocycles. The average molecular weight is 670 g/mol. The molecule has 0 saturated carbocycles. The normalized spacial score (nSPS) is 16.8. The second kappa shape index (κ2) is 16.5. The third-order valence-corrected chi connectivity index (χ3v) is 27.5. The van der Waals surface area contributed by atoms with Gasteiger partial charge in [0.25, 0.3) is 0 Å². The first-order valence-electron chi connectivity index (χ1n) is 15.0. The van der Waals surface area contributed by atoms with Gasteiger partial charge in [-0.15, -0.1) is 0 Å². The molecule has 0 heterocycles. The number of hydrogen-bond acceptors (Lipinski definition) is 0. The Hall–Kier alpha value is -1.18. The van der Waals surface area contributed by atoms with E-state index in [1.54, 1.807) is 27.8 Å². The minimum absolute atomic E-state index is 0. The first-order valence-corrected chi connectivity index (χ1v) is 25.1. The molecule has 0 fully saturated rings. The fourth-order valence-corrected chi connectivity index (χ4v) is 27.1. The van der Waals surface area contributed by atoms with Crippen LogP contribution in [-0.2, 0) is 20.9 Å². The summed E-state index contributed by atoms with van der Waals surface area (Å²) in [4.78, 5) is 0. The topological polar surface area (TPSA) is 0 Å². The summed E-state index contributed by atoms with van der Waals surface area (Å²) in [5, 5.41) is 0. The zero-order valence-electron chi connectivity index (χ0n) is 25.5. The van der Waals surface area contributed by atoms with Crippen LogP contribution in [0.1, 0.15) is 108 Å². The number of unbranched alkanes of at least 4 members (excludes halogenated alkanes) is 3. The summed E-state index contributed by atoms with van der Waals surface area (Å²) in [7, 11) is 0. The van der Waals surface area contributed by atoms with Crippen molar-refractivity contribution in [1.82, 2.24) is 0 Å². The molecule has 5 rings (SSSR count). The molecule has 0 bridgehead atoms. The van der Waals surface area contributed by atoms with E-state index in [1.165, 1.54) is 47.9 Å². The first-order chi connectivity index (χ1) is 18.4. The number of rotatable bonds is 8. The van der Waals surface area contributed by atoms with E-state index >= 15 is 0 Å². The van der Waals surface area contributed by atoms with Gasteiger partial charge in [0.1, 0.15) is 0 Å². The summed E-state index contributed by atoms with van der Waals surface area (Å²) in [6.07, 6.45) is 10.6. The monoisotopic (exact) mass is 667 g/mol. The maximum atomic E-state index is 2.61. The quantitative estimate of drug-likeness (QED) is 0.246. The summed E-state index contributed by atoms with van der Waals surface area (Å²) in [6, 6.07) is 25.2. The van der Waals surface area contributed by atoms with E-state index in [2.05, 4.69) is 127 Å². The van der Waals surface area contributed by atoms with Crippen LogP contribution in [-0.4, -0.2) is 6.65 Å². The molecule has 0 N–H and O–H groups in total. The van der Waals surface area contributed by atoms with Gasteiger partial charge >= 0.3 is 204 Å². The molecular weight excluding hydrogens is 623 g/mol. The van der Waals surface area contributed by atoms with Gasteiger partial charge in [-0.1, -0.05) is 39.5 Å². The largest absolute Gasteiger partial charge is 1.00 e. The van der Waals surface area contributed by atoms with Crippen LogP contribution in [0.25, 0.3) is 23.3 Å². The number of fused-ring (bicyclic) bond motifs is 2. The van der Waals surface area contributed by atoms with Crippen molar-refractivity contribution in [2.45, 2.75) is 86.9 Å². The van der Waals surface area contributed by atoms with Gasteiger partial charge < -0.3 is 24.8 Å². The number of benzene rings is 3. The molecule has 2 aliphatic carbocycles. The molecule has 0 amide bonds. The second-order valence-electron chi connectivity index (χ2n) is 11.5. The maximum Gasteiger partial charge on any atom is -1.00 e. The zero-order valence-corrected chi connectivity index (χ0v) is 30.9. The number of hydrogen-bond donors (Lipinski definition) is 0. The van der Waals surface area contributed by atoms with Crippen LogP contribution in [0.5, 0.6) is 0 Å². The number of halogens is 2. The molecule has 2 unspecified atom stereocenters. The fraction of sp³-hybridized carbons (Fsp3) is 0.389. The van der Waals surface area contributed by atoms with Crippen LogP contribution in [0.15, 0.2) is 77.9 Å². The molecule has 3 aromatic carbocycles. The van der Waals surface area contributed by atoms with E-state index in [0.29, 0.717) is 5.92 Å². The standard InChI is InChI=1S/C16H13.C13H15.C6H14.CH5Si.2ClH.Zr/c1-12-10-14-8-5-9-15(16(14)11-12)13-6-3-2-4-7-13;1-9(2)12-6-4-5-11-7-10(3)8-13(11)12;1-3-5-6-4-2;1-2;;;/h2-11H,1H3;4-9H,1-3H3;3-6H2,1-2H3;2H2,1H3;2*1H;/q;;;;;;+2/p-2. The molecule has 0 saturated heterocycles. The van der Waals surface area contributed by atoms with Crippen molar-refractivity contribution in [2.75, 3.05) is 0 Å². The van der Waals surface area contributed by atoms with Gasteiger partial charge in [-0.05, 0) is 0 Å². The Bertz CT molecular complexity index is 1290. The van der Waals surface area contributed by atoms with E-state index in [9.17, 15) is 0 Å². The van der Waals surface area contributed by atoms with Gasteiger partial charge in [-0.2, -0.15) is 0 Å². The molecule has 40 heavy (non-hydrogen) atoms. The van der Waals surface area contributed by atoms with E-state index in [-0.39, 0.29) is 31.5 Å². The zero-order chi connectivity index (χ0) is 27.2. The van der Waals surface area contributed by atoms with Crippen molar-refractivity contribution in [3.8, 4) is 11.1 Å². The van der Waals surface area contributed by atoms with Gasteiger partial charge in [0.2, 0.25) is 0 Å². The summed E-state index contributed by atoms with van der Waals surface area (Å²) in [6.45, 7) is 16.5. The molecule has 0 aromatic heterocycles. The smallest absolute Gasteiger partial charge is 1.00 e.